The Hall–Kier alpha value is 0.230. The highest BCUT2D eigenvalue weighted by Crippen LogP contribution is 2.42. The molecule has 0 saturated carbocycles. The van der Waals surface area contributed by atoms with E-state index in [4.69, 9.17) is 10.5 Å². The zero-order chi connectivity index (χ0) is 11.6. The maximum atomic E-state index is 10.3. The highest BCUT2D eigenvalue weighted by Gasteiger charge is 2.43. The molecule has 0 radical (unpaired) electrons. The molecule has 2 aliphatic rings. The van der Waals surface area contributed by atoms with E-state index < -0.39 is 5.60 Å². The first-order valence-electron chi connectivity index (χ1n) is 6.22. The minimum atomic E-state index is -0.721. The lowest BCUT2D eigenvalue weighted by molar-refractivity contribution is -0.139. The third-order valence-electron chi connectivity index (χ3n) is 4.19. The van der Waals surface area contributed by atoms with Gasteiger partial charge in [-0.15, -0.1) is 0 Å². The van der Waals surface area contributed by atoms with Gasteiger partial charge >= 0.3 is 0 Å². The van der Waals surface area contributed by atoms with Gasteiger partial charge in [0.1, 0.15) is 0 Å². The number of thioether (sulfide) groups is 1. The Kier molecular flexibility index (Phi) is 3.84. The summed E-state index contributed by atoms with van der Waals surface area (Å²) in [4.78, 5) is 0. The van der Waals surface area contributed by atoms with Crippen LogP contribution in [0.3, 0.4) is 0 Å². The molecule has 2 heterocycles. The zero-order valence-corrected chi connectivity index (χ0v) is 10.9. The van der Waals surface area contributed by atoms with Crippen molar-refractivity contribution in [1.82, 2.24) is 0 Å². The number of ether oxygens (including phenoxy) is 1. The van der Waals surface area contributed by atoms with Crippen molar-refractivity contribution in [2.24, 2.45) is 11.7 Å². The molecule has 2 fully saturated rings. The highest BCUT2D eigenvalue weighted by molar-refractivity contribution is 7.99. The number of aliphatic hydroxyl groups is 1. The van der Waals surface area contributed by atoms with Crippen molar-refractivity contribution in [2.45, 2.75) is 43.8 Å². The Bertz CT molecular complexity index is 234. The van der Waals surface area contributed by atoms with Crippen LogP contribution in [0.4, 0.5) is 0 Å². The number of hydrogen-bond acceptors (Lipinski definition) is 4. The number of rotatable bonds is 2. The van der Waals surface area contributed by atoms with Crippen molar-refractivity contribution in [3.63, 3.8) is 0 Å². The monoisotopic (exact) mass is 245 g/mol. The van der Waals surface area contributed by atoms with Crippen LogP contribution in [0.15, 0.2) is 0 Å². The van der Waals surface area contributed by atoms with E-state index in [-0.39, 0.29) is 5.60 Å². The fourth-order valence-corrected chi connectivity index (χ4v) is 4.05. The zero-order valence-electron chi connectivity index (χ0n) is 10.1. The minimum Gasteiger partial charge on any atom is -0.389 e. The molecular formula is C12H23NO2S. The van der Waals surface area contributed by atoms with Crippen LogP contribution >= 0.6 is 11.8 Å². The van der Waals surface area contributed by atoms with Crippen LogP contribution in [0.1, 0.15) is 32.6 Å². The Morgan fingerprint density at radius 3 is 2.81 bits per heavy atom. The van der Waals surface area contributed by atoms with Crippen LogP contribution in [-0.2, 0) is 4.74 Å². The molecule has 2 aliphatic heterocycles. The largest absolute Gasteiger partial charge is 0.389 e. The summed E-state index contributed by atoms with van der Waals surface area (Å²) in [7, 11) is 0. The van der Waals surface area contributed by atoms with E-state index in [9.17, 15) is 5.11 Å². The van der Waals surface area contributed by atoms with Gasteiger partial charge in [-0.05, 0) is 50.0 Å². The molecule has 0 aromatic heterocycles. The third-order valence-corrected chi connectivity index (χ3v) is 5.18. The van der Waals surface area contributed by atoms with Crippen molar-refractivity contribution in [2.75, 3.05) is 24.7 Å². The second kappa shape index (κ2) is 4.84. The van der Waals surface area contributed by atoms with E-state index in [2.05, 4.69) is 0 Å². The van der Waals surface area contributed by atoms with Crippen molar-refractivity contribution in [3.05, 3.63) is 0 Å². The second-order valence-corrected chi connectivity index (χ2v) is 6.62. The van der Waals surface area contributed by atoms with E-state index >= 15 is 0 Å². The lowest BCUT2D eigenvalue weighted by Crippen LogP contribution is -2.51. The predicted molar refractivity (Wildman–Crippen MR) is 67.6 cm³/mol. The van der Waals surface area contributed by atoms with E-state index in [0.29, 0.717) is 12.5 Å². The third kappa shape index (κ3) is 2.55. The van der Waals surface area contributed by atoms with Gasteiger partial charge in [0.2, 0.25) is 0 Å². The van der Waals surface area contributed by atoms with Crippen LogP contribution in [0.5, 0.6) is 0 Å². The van der Waals surface area contributed by atoms with E-state index in [1.165, 1.54) is 11.5 Å². The standard InChI is InChI=1S/C12H23NO2S/c1-11(14,9-13)10-2-5-15-12(8-10)3-6-16-7-4-12/h10,14H,2-9,13H2,1H3. The lowest BCUT2D eigenvalue weighted by atomic mass is 9.74. The van der Waals surface area contributed by atoms with Gasteiger partial charge in [0.15, 0.2) is 0 Å². The van der Waals surface area contributed by atoms with Crippen molar-refractivity contribution >= 4 is 11.8 Å². The van der Waals surface area contributed by atoms with Gasteiger partial charge in [-0.25, -0.2) is 0 Å². The topological polar surface area (TPSA) is 55.5 Å². The minimum absolute atomic E-state index is 0.0489. The molecule has 1 spiro atoms. The molecule has 3 N–H and O–H groups in total. The molecule has 0 aliphatic carbocycles. The van der Waals surface area contributed by atoms with Gasteiger partial charge in [-0.2, -0.15) is 11.8 Å². The Morgan fingerprint density at radius 1 is 1.50 bits per heavy atom. The van der Waals surface area contributed by atoms with Gasteiger partial charge in [-0.1, -0.05) is 0 Å². The van der Waals surface area contributed by atoms with Gasteiger partial charge in [0.05, 0.1) is 11.2 Å². The molecule has 2 atom stereocenters. The molecule has 3 nitrogen and oxygen atoms in total. The summed E-state index contributed by atoms with van der Waals surface area (Å²) in [5, 5.41) is 10.3. The van der Waals surface area contributed by atoms with Crippen LogP contribution in [-0.4, -0.2) is 41.0 Å². The molecule has 2 saturated heterocycles. The van der Waals surface area contributed by atoms with Gasteiger partial charge in [-0.3, -0.25) is 0 Å². The van der Waals surface area contributed by atoms with Crippen LogP contribution in [0.25, 0.3) is 0 Å². The SMILES string of the molecule is CC(O)(CN)C1CCOC2(CCSCC2)C1. The first-order valence-corrected chi connectivity index (χ1v) is 7.38. The summed E-state index contributed by atoms with van der Waals surface area (Å²) in [5.74, 6) is 2.68. The smallest absolute Gasteiger partial charge is 0.0771 e. The lowest BCUT2D eigenvalue weighted by Gasteiger charge is -2.47. The molecule has 0 bridgehead atoms. The van der Waals surface area contributed by atoms with Crippen LogP contribution in [0, 0.1) is 5.92 Å². The average Bonchev–Trinajstić information content (AvgIpc) is 2.30. The second-order valence-electron chi connectivity index (χ2n) is 5.39. The first kappa shape index (κ1) is 12.7. The van der Waals surface area contributed by atoms with Gasteiger partial charge in [0, 0.05) is 13.2 Å². The molecule has 0 amide bonds. The summed E-state index contributed by atoms with van der Waals surface area (Å²) >= 11 is 2.01. The first-order chi connectivity index (χ1) is 7.58. The maximum absolute atomic E-state index is 10.3. The van der Waals surface area contributed by atoms with Gasteiger partial charge in [0.25, 0.3) is 0 Å². The summed E-state index contributed by atoms with van der Waals surface area (Å²) in [6, 6.07) is 0. The molecule has 4 heteroatoms. The Balaban J connectivity index is 2.03. The Morgan fingerprint density at radius 2 is 2.19 bits per heavy atom. The van der Waals surface area contributed by atoms with Crippen molar-refractivity contribution < 1.29 is 9.84 Å². The summed E-state index contributed by atoms with van der Waals surface area (Å²) < 4.78 is 6.01. The predicted octanol–water partition coefficient (Wildman–Crippen LogP) is 1.39. The van der Waals surface area contributed by atoms with E-state index in [1.807, 2.05) is 18.7 Å². The Labute approximate surface area is 102 Å². The average molecular weight is 245 g/mol. The van der Waals surface area contributed by atoms with Crippen LogP contribution in [0.2, 0.25) is 0 Å². The quantitative estimate of drug-likeness (QED) is 0.772. The fraction of sp³-hybridized carbons (Fsp3) is 1.00. The molecule has 16 heavy (non-hydrogen) atoms. The number of nitrogens with two attached hydrogens (primary N) is 1. The molecule has 0 aromatic rings. The highest BCUT2D eigenvalue weighted by atomic mass is 32.2. The van der Waals surface area contributed by atoms with E-state index in [1.54, 1.807) is 0 Å². The maximum Gasteiger partial charge on any atom is 0.0771 e. The molecule has 94 valence electrons. The fourth-order valence-electron chi connectivity index (χ4n) is 2.82. The normalized spacial score (nSPS) is 33.6. The van der Waals surface area contributed by atoms with Crippen molar-refractivity contribution in [1.29, 1.82) is 0 Å². The van der Waals surface area contributed by atoms with Crippen LogP contribution < -0.4 is 5.73 Å². The van der Waals surface area contributed by atoms with E-state index in [0.717, 1.165) is 32.3 Å². The van der Waals surface area contributed by atoms with Crippen molar-refractivity contribution in [3.8, 4) is 0 Å². The molecular weight excluding hydrogens is 222 g/mol. The molecule has 2 unspecified atom stereocenters. The van der Waals surface area contributed by atoms with Gasteiger partial charge < -0.3 is 15.6 Å². The number of hydrogen-bond donors (Lipinski definition) is 2. The summed E-state index contributed by atoms with van der Waals surface area (Å²) in [6.45, 7) is 3.00. The molecule has 0 aromatic carbocycles. The summed E-state index contributed by atoms with van der Waals surface area (Å²) in [5.41, 5.74) is 4.99. The summed E-state index contributed by atoms with van der Waals surface area (Å²) in [6.07, 6.45) is 4.19. The molecule has 2 rings (SSSR count).